The third-order valence-electron chi connectivity index (χ3n) is 5.78. The number of hydrogen-bond donors (Lipinski definition) is 1. The Morgan fingerprint density at radius 2 is 2.03 bits per heavy atom. The molecule has 30 heavy (non-hydrogen) atoms. The molecule has 1 aliphatic heterocycles. The first-order valence-electron chi connectivity index (χ1n) is 10.1. The van der Waals surface area contributed by atoms with Crippen molar-refractivity contribution in [3.63, 3.8) is 0 Å². The number of benzene rings is 1. The number of dihydropyridines is 1. The number of esters is 1. The molecular formula is C24H25NO4S. The molecular weight excluding hydrogens is 398 g/mol. The summed E-state index contributed by atoms with van der Waals surface area (Å²) < 4.78 is 10.9. The van der Waals surface area contributed by atoms with Gasteiger partial charge in [-0.15, -0.1) is 0 Å². The minimum Gasteiger partial charge on any atom is -0.496 e. The molecule has 1 aliphatic carbocycles. The summed E-state index contributed by atoms with van der Waals surface area (Å²) in [5.41, 5.74) is 4.85. The zero-order valence-electron chi connectivity index (χ0n) is 17.4. The van der Waals surface area contributed by atoms with Gasteiger partial charge >= 0.3 is 5.97 Å². The van der Waals surface area contributed by atoms with Crippen LogP contribution in [-0.2, 0) is 14.3 Å². The summed E-state index contributed by atoms with van der Waals surface area (Å²) in [6.07, 6.45) is 1.08. The molecule has 5 nitrogen and oxygen atoms in total. The van der Waals surface area contributed by atoms with Crippen LogP contribution in [0.1, 0.15) is 49.7 Å². The molecule has 156 valence electrons. The maximum atomic E-state index is 13.4. The van der Waals surface area contributed by atoms with E-state index in [0.717, 1.165) is 28.3 Å². The first-order chi connectivity index (χ1) is 14.5. The van der Waals surface area contributed by atoms with E-state index in [2.05, 4.69) is 5.32 Å². The van der Waals surface area contributed by atoms with E-state index in [1.54, 1.807) is 25.4 Å². The zero-order valence-corrected chi connectivity index (χ0v) is 18.2. The van der Waals surface area contributed by atoms with Crippen molar-refractivity contribution in [3.8, 4) is 5.75 Å². The average molecular weight is 424 g/mol. The summed E-state index contributed by atoms with van der Waals surface area (Å²) in [7, 11) is 1.65. The largest absolute Gasteiger partial charge is 0.496 e. The molecule has 1 aromatic carbocycles. The molecule has 1 N–H and O–H groups in total. The number of carbonyl (C=O) groups excluding carboxylic acids is 2. The Bertz CT molecular complexity index is 1040. The molecule has 1 aromatic heterocycles. The van der Waals surface area contributed by atoms with Crippen molar-refractivity contribution < 1.29 is 19.1 Å². The van der Waals surface area contributed by atoms with Gasteiger partial charge in [-0.1, -0.05) is 18.2 Å². The maximum Gasteiger partial charge on any atom is 0.336 e. The van der Waals surface area contributed by atoms with Crippen LogP contribution in [0.2, 0.25) is 0 Å². The highest BCUT2D eigenvalue weighted by Gasteiger charge is 2.41. The van der Waals surface area contributed by atoms with E-state index in [9.17, 15) is 9.59 Å². The van der Waals surface area contributed by atoms with E-state index < -0.39 is 5.92 Å². The van der Waals surface area contributed by atoms with E-state index in [4.69, 9.17) is 9.47 Å². The Hall–Kier alpha value is -2.86. The molecule has 0 radical (unpaired) electrons. The van der Waals surface area contributed by atoms with Crippen molar-refractivity contribution in [2.45, 2.75) is 38.5 Å². The molecule has 2 aliphatic rings. The Morgan fingerprint density at radius 3 is 2.73 bits per heavy atom. The number of Topliss-reactive ketones (excluding diaryl/α,β-unsaturated/α-hetero) is 1. The Balaban J connectivity index is 1.77. The number of allylic oxidation sites excluding steroid dienone is 3. The lowest BCUT2D eigenvalue weighted by molar-refractivity contribution is -0.138. The highest BCUT2D eigenvalue weighted by molar-refractivity contribution is 7.08. The lowest BCUT2D eigenvalue weighted by atomic mass is 9.72. The predicted octanol–water partition coefficient (Wildman–Crippen LogP) is 4.68. The molecule has 4 rings (SSSR count). The molecule has 2 aromatic rings. The number of ketones is 1. The van der Waals surface area contributed by atoms with Gasteiger partial charge in [-0.05, 0) is 54.3 Å². The van der Waals surface area contributed by atoms with Crippen LogP contribution >= 0.6 is 11.3 Å². The monoisotopic (exact) mass is 423 g/mol. The van der Waals surface area contributed by atoms with Gasteiger partial charge in [0.1, 0.15) is 5.75 Å². The number of ether oxygens (including phenoxy) is 2. The number of carbonyl (C=O) groups is 2. The smallest absolute Gasteiger partial charge is 0.336 e. The minimum atomic E-state index is -0.391. The Labute approximate surface area is 180 Å². The van der Waals surface area contributed by atoms with Crippen molar-refractivity contribution in [3.05, 3.63) is 74.8 Å². The zero-order chi connectivity index (χ0) is 21.3. The summed E-state index contributed by atoms with van der Waals surface area (Å²) in [6.45, 7) is 3.96. The third-order valence-corrected chi connectivity index (χ3v) is 6.48. The summed E-state index contributed by atoms with van der Waals surface area (Å²) in [5.74, 6) is 0.122. The number of rotatable bonds is 5. The number of hydrogen-bond acceptors (Lipinski definition) is 6. The van der Waals surface area contributed by atoms with Crippen LogP contribution in [0.5, 0.6) is 5.75 Å². The van der Waals surface area contributed by atoms with E-state index in [-0.39, 0.29) is 17.7 Å². The van der Waals surface area contributed by atoms with Gasteiger partial charge in [-0.3, -0.25) is 4.79 Å². The number of methoxy groups -OCH3 is 1. The molecule has 0 saturated heterocycles. The van der Waals surface area contributed by atoms with Gasteiger partial charge in [-0.25, -0.2) is 4.79 Å². The minimum absolute atomic E-state index is 0.0277. The summed E-state index contributed by atoms with van der Waals surface area (Å²) >= 11 is 1.56. The lowest BCUT2D eigenvalue weighted by Crippen LogP contribution is -2.36. The van der Waals surface area contributed by atoms with Crippen LogP contribution in [0.3, 0.4) is 0 Å². The molecule has 6 heteroatoms. The van der Waals surface area contributed by atoms with Crippen LogP contribution in [0.15, 0.2) is 63.6 Å². The number of thiophene rings is 1. The first kappa shape index (κ1) is 20.4. The molecule has 0 saturated carbocycles. The van der Waals surface area contributed by atoms with Crippen LogP contribution in [0, 0.1) is 0 Å². The number of nitrogens with one attached hydrogen (secondary N) is 1. The first-order valence-corrected chi connectivity index (χ1v) is 11.1. The third kappa shape index (κ3) is 3.56. The van der Waals surface area contributed by atoms with Gasteiger partial charge in [0.05, 0.1) is 19.3 Å². The normalized spacial score (nSPS) is 21.2. The Morgan fingerprint density at radius 1 is 1.23 bits per heavy atom. The fourth-order valence-corrected chi connectivity index (χ4v) is 5.20. The second-order valence-corrected chi connectivity index (χ2v) is 8.32. The molecule has 0 spiro atoms. The Kier molecular flexibility index (Phi) is 5.77. The van der Waals surface area contributed by atoms with Crippen molar-refractivity contribution in [1.29, 1.82) is 0 Å². The quantitative estimate of drug-likeness (QED) is 0.708. The molecule has 2 unspecified atom stereocenters. The van der Waals surface area contributed by atoms with Crippen molar-refractivity contribution in [2.75, 3.05) is 13.7 Å². The van der Waals surface area contributed by atoms with Crippen LogP contribution in [-0.4, -0.2) is 25.5 Å². The highest BCUT2D eigenvalue weighted by atomic mass is 32.1. The van der Waals surface area contributed by atoms with E-state index in [0.29, 0.717) is 30.6 Å². The van der Waals surface area contributed by atoms with Crippen LogP contribution in [0.4, 0.5) is 0 Å². The second-order valence-electron chi connectivity index (χ2n) is 7.54. The van der Waals surface area contributed by atoms with Crippen LogP contribution in [0.25, 0.3) is 0 Å². The topological polar surface area (TPSA) is 64.6 Å². The second kappa shape index (κ2) is 8.48. The predicted molar refractivity (Wildman–Crippen MR) is 117 cm³/mol. The number of para-hydroxylation sites is 1. The highest BCUT2D eigenvalue weighted by Crippen LogP contribution is 2.47. The molecule has 0 fully saturated rings. The SMILES string of the molecule is CCOC(=O)C1=C(C)NC2=C(C(=O)CC(c3ccccc3OC)C2)C1c1ccsc1. The standard InChI is InChI=1S/C24H25NO4S/c1-4-29-24(27)21-14(2)25-18-11-16(17-7-5-6-8-20(17)28-3)12-19(26)23(18)22(21)15-9-10-30-13-15/h5-10,13,16,22,25H,4,11-12H2,1-3H3. The van der Waals surface area contributed by atoms with Gasteiger partial charge in [0, 0.05) is 35.2 Å². The van der Waals surface area contributed by atoms with Gasteiger partial charge in [-0.2, -0.15) is 11.3 Å². The van der Waals surface area contributed by atoms with Crippen LogP contribution < -0.4 is 10.1 Å². The van der Waals surface area contributed by atoms with E-state index >= 15 is 0 Å². The summed E-state index contributed by atoms with van der Waals surface area (Å²) in [5, 5.41) is 7.35. The van der Waals surface area contributed by atoms with Gasteiger partial charge in [0.25, 0.3) is 0 Å². The average Bonchev–Trinajstić information content (AvgIpc) is 3.27. The molecule has 2 heterocycles. The van der Waals surface area contributed by atoms with E-state index in [1.807, 2.05) is 48.0 Å². The van der Waals surface area contributed by atoms with E-state index in [1.165, 1.54) is 0 Å². The lowest BCUT2D eigenvalue weighted by Gasteiger charge is -2.36. The summed E-state index contributed by atoms with van der Waals surface area (Å²) in [4.78, 5) is 26.2. The van der Waals surface area contributed by atoms with Gasteiger partial charge < -0.3 is 14.8 Å². The summed E-state index contributed by atoms with van der Waals surface area (Å²) in [6, 6.07) is 9.84. The van der Waals surface area contributed by atoms with Gasteiger partial charge in [0.2, 0.25) is 0 Å². The molecule has 0 bridgehead atoms. The van der Waals surface area contributed by atoms with Crippen molar-refractivity contribution in [2.24, 2.45) is 0 Å². The fraction of sp³-hybridized carbons (Fsp3) is 0.333. The molecule has 0 amide bonds. The van der Waals surface area contributed by atoms with Crippen molar-refractivity contribution in [1.82, 2.24) is 5.32 Å². The maximum absolute atomic E-state index is 13.4. The van der Waals surface area contributed by atoms with Crippen molar-refractivity contribution >= 4 is 23.1 Å². The van der Waals surface area contributed by atoms with Gasteiger partial charge in [0.15, 0.2) is 5.78 Å². The molecule has 2 atom stereocenters. The fourth-order valence-electron chi connectivity index (χ4n) is 4.51.